The van der Waals surface area contributed by atoms with Crippen molar-refractivity contribution in [3.8, 4) is 5.75 Å². The molecule has 1 unspecified atom stereocenters. The van der Waals surface area contributed by atoms with Gasteiger partial charge in [-0.05, 0) is 49.4 Å². The summed E-state index contributed by atoms with van der Waals surface area (Å²) in [4.78, 5) is 15.8. The number of hydrogen-bond acceptors (Lipinski definition) is 4. The Morgan fingerprint density at radius 3 is 2.92 bits per heavy atom. The van der Waals surface area contributed by atoms with Gasteiger partial charge >= 0.3 is 0 Å². The number of likely N-dealkylation sites (tertiary alicyclic amines) is 1. The van der Waals surface area contributed by atoms with E-state index in [4.69, 9.17) is 4.74 Å². The number of methoxy groups -OCH3 is 1. The number of carbonyl (C=O) groups is 1. The Balaban J connectivity index is 1.68. The largest absolute Gasteiger partial charge is 0.497 e. The van der Waals surface area contributed by atoms with Crippen LogP contribution < -0.4 is 4.74 Å². The standard InChI is InChI=1S/C19H22FNO2S/c1-13-7-9-24-19(13)18(22)15-4-3-8-21(12-15)11-14-5-6-16(23-2)10-17(14)20/h5-7,9-10,15H,3-4,8,11-12H2,1-2H3. The number of benzene rings is 1. The molecule has 0 saturated carbocycles. The molecule has 0 amide bonds. The van der Waals surface area contributed by atoms with Gasteiger partial charge in [0.2, 0.25) is 0 Å². The third kappa shape index (κ3) is 3.68. The number of carbonyl (C=O) groups excluding carboxylic acids is 1. The second kappa shape index (κ2) is 7.45. The van der Waals surface area contributed by atoms with Gasteiger partial charge in [-0.15, -0.1) is 11.3 Å². The van der Waals surface area contributed by atoms with E-state index in [1.54, 1.807) is 12.1 Å². The Morgan fingerprint density at radius 2 is 2.25 bits per heavy atom. The van der Waals surface area contributed by atoms with Crippen molar-refractivity contribution >= 4 is 17.1 Å². The van der Waals surface area contributed by atoms with Crippen LogP contribution in [0.15, 0.2) is 29.6 Å². The van der Waals surface area contributed by atoms with Crippen LogP contribution in [0.25, 0.3) is 0 Å². The predicted molar refractivity (Wildman–Crippen MR) is 94.3 cm³/mol. The van der Waals surface area contributed by atoms with Crippen molar-refractivity contribution in [2.45, 2.75) is 26.3 Å². The molecule has 0 bridgehead atoms. The van der Waals surface area contributed by atoms with Gasteiger partial charge in [0.15, 0.2) is 5.78 Å². The van der Waals surface area contributed by atoms with Gasteiger partial charge < -0.3 is 4.74 Å². The van der Waals surface area contributed by atoms with E-state index in [9.17, 15) is 9.18 Å². The molecule has 3 rings (SSSR count). The summed E-state index contributed by atoms with van der Waals surface area (Å²) in [6.45, 7) is 4.11. The molecule has 0 N–H and O–H groups in total. The van der Waals surface area contributed by atoms with Crippen molar-refractivity contribution < 1.29 is 13.9 Å². The topological polar surface area (TPSA) is 29.5 Å². The molecule has 0 radical (unpaired) electrons. The molecule has 1 aliphatic rings. The van der Waals surface area contributed by atoms with Crippen LogP contribution in [-0.2, 0) is 6.54 Å². The van der Waals surface area contributed by atoms with Crippen molar-refractivity contribution in [3.05, 3.63) is 51.5 Å². The molecule has 1 aromatic carbocycles. The van der Waals surface area contributed by atoms with E-state index in [1.165, 1.54) is 24.5 Å². The van der Waals surface area contributed by atoms with Gasteiger partial charge in [0.25, 0.3) is 0 Å². The zero-order valence-electron chi connectivity index (χ0n) is 14.0. The number of piperidine rings is 1. The average molecular weight is 347 g/mol. The van der Waals surface area contributed by atoms with Crippen LogP contribution in [0.5, 0.6) is 5.75 Å². The number of Topliss-reactive ketones (excluding diaryl/α,β-unsaturated/α-hetero) is 1. The predicted octanol–water partition coefficient (Wildman–Crippen LogP) is 4.30. The maximum atomic E-state index is 14.2. The van der Waals surface area contributed by atoms with Gasteiger partial charge in [-0.3, -0.25) is 9.69 Å². The van der Waals surface area contributed by atoms with Gasteiger partial charge in [-0.25, -0.2) is 4.39 Å². The van der Waals surface area contributed by atoms with Gasteiger partial charge in [0.05, 0.1) is 12.0 Å². The SMILES string of the molecule is COc1ccc(CN2CCCC(C(=O)c3sccc3C)C2)c(F)c1. The molecule has 0 aliphatic carbocycles. The lowest BCUT2D eigenvalue weighted by Gasteiger charge is -2.32. The Kier molecular flexibility index (Phi) is 5.31. The smallest absolute Gasteiger partial charge is 0.177 e. The van der Waals surface area contributed by atoms with Crippen molar-refractivity contribution in [2.24, 2.45) is 5.92 Å². The molecule has 3 nitrogen and oxygen atoms in total. The third-order valence-electron chi connectivity index (χ3n) is 4.62. The molecule has 128 valence electrons. The average Bonchev–Trinajstić information content (AvgIpc) is 3.02. The molecule has 5 heteroatoms. The molecule has 1 aliphatic heterocycles. The zero-order valence-corrected chi connectivity index (χ0v) is 14.9. The Bertz CT molecular complexity index is 728. The monoisotopic (exact) mass is 347 g/mol. The fourth-order valence-corrected chi connectivity index (χ4v) is 4.19. The highest BCUT2D eigenvalue weighted by Crippen LogP contribution is 2.27. The van der Waals surface area contributed by atoms with Crippen LogP contribution in [0.3, 0.4) is 0 Å². The summed E-state index contributed by atoms with van der Waals surface area (Å²) in [6, 6.07) is 6.95. The van der Waals surface area contributed by atoms with E-state index in [2.05, 4.69) is 4.90 Å². The number of ether oxygens (including phenoxy) is 1. The van der Waals surface area contributed by atoms with E-state index in [1.807, 2.05) is 18.4 Å². The van der Waals surface area contributed by atoms with Crippen LogP contribution in [-0.4, -0.2) is 30.9 Å². The summed E-state index contributed by atoms with van der Waals surface area (Å²) in [5.41, 5.74) is 1.71. The van der Waals surface area contributed by atoms with Crippen molar-refractivity contribution in [2.75, 3.05) is 20.2 Å². The van der Waals surface area contributed by atoms with Gasteiger partial charge in [0, 0.05) is 30.6 Å². The Hall–Kier alpha value is -1.72. The third-order valence-corrected chi connectivity index (χ3v) is 5.65. The molecule has 1 fully saturated rings. The summed E-state index contributed by atoms with van der Waals surface area (Å²) in [5, 5.41) is 1.97. The van der Waals surface area contributed by atoms with Gasteiger partial charge in [0.1, 0.15) is 11.6 Å². The van der Waals surface area contributed by atoms with Crippen LogP contribution >= 0.6 is 11.3 Å². The summed E-state index contributed by atoms with van der Waals surface area (Å²) in [7, 11) is 1.53. The molecule has 2 aromatic rings. The normalized spacial score (nSPS) is 18.5. The second-order valence-corrected chi connectivity index (χ2v) is 7.24. The number of nitrogens with zero attached hydrogens (tertiary/aromatic N) is 1. The molecular weight excluding hydrogens is 325 g/mol. The van der Waals surface area contributed by atoms with Crippen LogP contribution in [0.4, 0.5) is 4.39 Å². The van der Waals surface area contributed by atoms with E-state index < -0.39 is 0 Å². The van der Waals surface area contributed by atoms with Crippen molar-refractivity contribution in [3.63, 3.8) is 0 Å². The lowest BCUT2D eigenvalue weighted by molar-refractivity contribution is 0.0814. The summed E-state index contributed by atoms with van der Waals surface area (Å²) in [6.07, 6.45) is 1.89. The highest BCUT2D eigenvalue weighted by atomic mass is 32.1. The molecule has 1 atom stereocenters. The fourth-order valence-electron chi connectivity index (χ4n) is 3.25. The van der Waals surface area contributed by atoms with E-state index in [0.717, 1.165) is 29.8 Å². The first kappa shape index (κ1) is 17.1. The highest BCUT2D eigenvalue weighted by Gasteiger charge is 2.28. The van der Waals surface area contributed by atoms with E-state index in [-0.39, 0.29) is 17.5 Å². The first-order valence-corrected chi connectivity index (χ1v) is 9.09. The Labute approximate surface area is 146 Å². The minimum atomic E-state index is -0.253. The summed E-state index contributed by atoms with van der Waals surface area (Å²) in [5.74, 6) is 0.521. The minimum absolute atomic E-state index is 0.0115. The molecule has 1 aromatic heterocycles. The van der Waals surface area contributed by atoms with Gasteiger partial charge in [-0.2, -0.15) is 0 Å². The first-order chi connectivity index (χ1) is 11.6. The first-order valence-electron chi connectivity index (χ1n) is 8.21. The Morgan fingerprint density at radius 1 is 1.42 bits per heavy atom. The minimum Gasteiger partial charge on any atom is -0.497 e. The maximum absolute atomic E-state index is 14.2. The van der Waals surface area contributed by atoms with E-state index >= 15 is 0 Å². The van der Waals surface area contributed by atoms with Crippen molar-refractivity contribution in [1.29, 1.82) is 0 Å². The van der Waals surface area contributed by atoms with Crippen LogP contribution in [0.2, 0.25) is 0 Å². The number of ketones is 1. The summed E-state index contributed by atoms with van der Waals surface area (Å²) >= 11 is 1.52. The molecule has 1 saturated heterocycles. The lowest BCUT2D eigenvalue weighted by atomic mass is 9.92. The van der Waals surface area contributed by atoms with Crippen LogP contribution in [0, 0.1) is 18.7 Å². The number of halogens is 1. The zero-order chi connectivity index (χ0) is 17.1. The summed E-state index contributed by atoms with van der Waals surface area (Å²) < 4.78 is 19.2. The number of hydrogen-bond donors (Lipinski definition) is 0. The second-order valence-electron chi connectivity index (χ2n) is 6.33. The van der Waals surface area contributed by atoms with Gasteiger partial charge in [-0.1, -0.05) is 6.07 Å². The van der Waals surface area contributed by atoms with Crippen molar-refractivity contribution in [1.82, 2.24) is 4.90 Å². The molecular formula is C19H22FNO2S. The fraction of sp³-hybridized carbons (Fsp3) is 0.421. The number of thiophene rings is 1. The molecule has 2 heterocycles. The molecule has 0 spiro atoms. The number of rotatable bonds is 5. The van der Waals surface area contributed by atoms with Crippen LogP contribution in [0.1, 0.15) is 33.6 Å². The van der Waals surface area contributed by atoms with E-state index in [0.29, 0.717) is 24.4 Å². The number of aryl methyl sites for hydroxylation is 1. The quantitative estimate of drug-likeness (QED) is 0.755. The lowest BCUT2D eigenvalue weighted by Crippen LogP contribution is -2.38. The highest BCUT2D eigenvalue weighted by molar-refractivity contribution is 7.12. The maximum Gasteiger partial charge on any atom is 0.177 e. The molecule has 24 heavy (non-hydrogen) atoms.